The Morgan fingerprint density at radius 3 is 1.69 bits per heavy atom. The summed E-state index contributed by atoms with van der Waals surface area (Å²) < 4.78 is 7.50. The minimum atomic E-state index is 0.0207. The Morgan fingerprint density at radius 2 is 1.26 bits per heavy atom. The zero-order valence-electron chi connectivity index (χ0n) is 50.1. The standard InChI is InChI=1S/C14H16.C13H17N.C12H24O.C11H17NO.C9H18O.C8H16/c1-14(2,3)13-9-8-11-6-4-5-7-12(11)10-13;1-13(2,3)11-9-14(4)12-8-6-5-7-10(11)12;1-9-6-5-7-10(8-13)11(9)12(2,3)4;1-8-10(11(2,3)4)9(7-13)5-6-12-8;1-9(2,3)8-4-6-10-7-5-8;1-7(2,3)8(4)5-6-8/h4-10H,1-3H3;5-9H,1-4H3;9-11,13H,5-8H2,1-4H3;5-6,12-13H,1,7H2,2-4H3;8H,4-7H2,1-3H3;5-6H2,1-4H3. The van der Waals surface area contributed by atoms with Gasteiger partial charge in [0.2, 0.25) is 0 Å². The highest BCUT2D eigenvalue weighted by molar-refractivity contribution is 5.85. The van der Waals surface area contributed by atoms with Gasteiger partial charge in [-0.3, -0.25) is 0 Å². The van der Waals surface area contributed by atoms with Crippen molar-refractivity contribution in [3.8, 4) is 0 Å². The van der Waals surface area contributed by atoms with Crippen molar-refractivity contribution >= 4 is 21.7 Å². The van der Waals surface area contributed by atoms with Crippen LogP contribution in [0.25, 0.3) is 21.7 Å². The number of aromatic nitrogens is 1. The van der Waals surface area contributed by atoms with Gasteiger partial charge in [0, 0.05) is 55.9 Å². The van der Waals surface area contributed by atoms with Gasteiger partial charge in [0.25, 0.3) is 0 Å². The number of ether oxygens (including phenoxy) is 1. The van der Waals surface area contributed by atoms with Gasteiger partial charge in [-0.05, 0) is 139 Å². The second kappa shape index (κ2) is 25.7. The van der Waals surface area contributed by atoms with Crippen LogP contribution >= 0.6 is 0 Å². The third-order valence-electron chi connectivity index (χ3n) is 16.3. The molecular weight excluding hydrogens is 881 g/mol. The molecule has 2 saturated carbocycles. The summed E-state index contributed by atoms with van der Waals surface area (Å²) in [5, 5.41) is 25.6. The quantitative estimate of drug-likeness (QED) is 0.187. The lowest BCUT2D eigenvalue weighted by Crippen LogP contribution is -2.38. The van der Waals surface area contributed by atoms with Gasteiger partial charge in [-0.15, -0.1) is 0 Å². The topological polar surface area (TPSA) is 66.7 Å². The first kappa shape index (κ1) is 62.7. The minimum absolute atomic E-state index is 0.0207. The predicted octanol–water partition coefficient (Wildman–Crippen LogP) is 17.9. The van der Waals surface area contributed by atoms with E-state index >= 15 is 0 Å². The Balaban J connectivity index is 0.000000230. The second-order valence-corrected chi connectivity index (χ2v) is 28.3. The maximum atomic E-state index is 9.34. The van der Waals surface area contributed by atoms with E-state index in [2.05, 4.69) is 235 Å². The molecule has 3 fully saturated rings. The minimum Gasteiger partial charge on any atom is -0.396 e. The molecule has 3 heterocycles. The molecule has 4 aromatic rings. The molecule has 3 atom stereocenters. The van der Waals surface area contributed by atoms with Gasteiger partial charge in [0.1, 0.15) is 0 Å². The lowest BCUT2D eigenvalue weighted by atomic mass is 9.62. The first-order valence-corrected chi connectivity index (χ1v) is 27.8. The van der Waals surface area contributed by atoms with Crippen molar-refractivity contribution in [3.63, 3.8) is 0 Å². The summed E-state index contributed by atoms with van der Waals surface area (Å²) in [6.07, 6.45) is 15.2. The molecular formula is C67H108N2O3. The van der Waals surface area contributed by atoms with Crippen molar-refractivity contribution < 1.29 is 14.9 Å². The first-order chi connectivity index (χ1) is 33.1. The van der Waals surface area contributed by atoms with Gasteiger partial charge < -0.3 is 24.8 Å². The number of dihydropyridines is 1. The van der Waals surface area contributed by atoms with Gasteiger partial charge >= 0.3 is 0 Å². The zero-order chi connectivity index (χ0) is 54.7. The molecule has 2 aliphatic heterocycles. The Kier molecular flexibility index (Phi) is 22.4. The van der Waals surface area contributed by atoms with Crippen LogP contribution < -0.4 is 5.32 Å². The van der Waals surface area contributed by atoms with E-state index in [4.69, 9.17) is 9.84 Å². The Hall–Kier alpha value is -3.64. The van der Waals surface area contributed by atoms with Gasteiger partial charge in [-0.2, -0.15) is 0 Å². The molecule has 0 bridgehead atoms. The fourth-order valence-corrected chi connectivity index (χ4v) is 11.0. The van der Waals surface area contributed by atoms with E-state index in [-0.39, 0.29) is 22.9 Å². The Labute approximate surface area is 442 Å². The fourth-order valence-electron chi connectivity index (χ4n) is 11.0. The van der Waals surface area contributed by atoms with Crippen molar-refractivity contribution in [1.82, 2.24) is 9.88 Å². The van der Waals surface area contributed by atoms with Crippen LogP contribution in [0, 0.1) is 50.7 Å². The van der Waals surface area contributed by atoms with Crippen LogP contribution in [-0.2, 0) is 22.6 Å². The number of rotatable bonds is 2. The molecule has 4 aliphatic rings. The fraction of sp³-hybridized carbons (Fsp3) is 0.642. The maximum absolute atomic E-state index is 9.34. The third kappa shape index (κ3) is 18.6. The van der Waals surface area contributed by atoms with E-state index in [0.29, 0.717) is 40.1 Å². The van der Waals surface area contributed by atoms with Gasteiger partial charge in [-0.25, -0.2) is 0 Å². The van der Waals surface area contributed by atoms with E-state index < -0.39 is 0 Å². The molecule has 5 nitrogen and oxygen atoms in total. The van der Waals surface area contributed by atoms with E-state index in [9.17, 15) is 5.11 Å². The van der Waals surface area contributed by atoms with Crippen LogP contribution in [0.15, 0.2) is 109 Å². The Bertz CT molecular complexity index is 2340. The van der Waals surface area contributed by atoms with Crippen molar-refractivity contribution in [1.29, 1.82) is 0 Å². The molecule has 0 spiro atoms. The maximum Gasteiger partial charge on any atom is 0.0686 e. The lowest BCUT2D eigenvalue weighted by Gasteiger charge is -2.44. The van der Waals surface area contributed by atoms with E-state index in [1.54, 1.807) is 0 Å². The summed E-state index contributed by atoms with van der Waals surface area (Å²) in [6.45, 7) is 51.8. The summed E-state index contributed by atoms with van der Waals surface area (Å²) >= 11 is 0. The molecule has 8 rings (SSSR count). The molecule has 2 aliphatic carbocycles. The summed E-state index contributed by atoms with van der Waals surface area (Å²) in [4.78, 5) is 0. The van der Waals surface area contributed by atoms with Gasteiger partial charge in [-0.1, -0.05) is 219 Å². The Morgan fingerprint density at radius 1 is 0.694 bits per heavy atom. The monoisotopic (exact) mass is 989 g/mol. The normalized spacial score (nSPS) is 20.5. The SMILES string of the molecule is C=C1NC=CC(CO)=C1C(C)(C)C.CC(C)(C)C1(C)CC1.CC(C)(C)C1CCOCC1.CC(C)(C)c1ccc2ccccc2c1.CC1CCCC(CO)C1C(C)(C)C.Cn1cc(C(C)(C)C)c2ccccc21. The first-order valence-electron chi connectivity index (χ1n) is 27.8. The molecule has 1 aromatic heterocycles. The van der Waals surface area contributed by atoms with Crippen LogP contribution in [0.3, 0.4) is 0 Å². The number of allylic oxidation sites excluding steroid dienone is 1. The number of aliphatic hydroxyl groups is 2. The number of aryl methyl sites for hydroxylation is 1. The highest BCUT2D eigenvalue weighted by Crippen LogP contribution is 2.57. The average molecular weight is 990 g/mol. The molecule has 3 aromatic carbocycles. The highest BCUT2D eigenvalue weighted by Gasteiger charge is 2.47. The van der Waals surface area contributed by atoms with Crippen LogP contribution in [-0.4, -0.2) is 41.2 Å². The highest BCUT2D eigenvalue weighted by atomic mass is 16.5. The number of nitrogens with zero attached hydrogens (tertiary/aromatic N) is 1. The summed E-state index contributed by atoms with van der Waals surface area (Å²) in [5.41, 5.74) is 9.66. The molecule has 5 heteroatoms. The molecule has 404 valence electrons. The number of fused-ring (bicyclic) bond motifs is 2. The predicted molar refractivity (Wildman–Crippen MR) is 316 cm³/mol. The van der Waals surface area contributed by atoms with Crippen molar-refractivity contribution in [2.24, 2.45) is 57.8 Å². The number of para-hydroxylation sites is 1. The lowest BCUT2D eigenvalue weighted by molar-refractivity contribution is 0.0223. The molecule has 3 unspecified atom stereocenters. The third-order valence-corrected chi connectivity index (χ3v) is 16.3. The molecule has 0 amide bonds. The van der Waals surface area contributed by atoms with E-state index in [0.717, 1.165) is 41.9 Å². The van der Waals surface area contributed by atoms with Crippen LogP contribution in [0.1, 0.15) is 195 Å². The molecule has 3 N–H and O–H groups in total. The number of benzene rings is 3. The summed E-state index contributed by atoms with van der Waals surface area (Å²) in [5.74, 6) is 2.90. The largest absolute Gasteiger partial charge is 0.396 e. The van der Waals surface area contributed by atoms with Gasteiger partial charge in [0.15, 0.2) is 0 Å². The molecule has 1 saturated heterocycles. The average Bonchev–Trinajstić information content (AvgIpc) is 3.97. The van der Waals surface area contributed by atoms with E-state index in [1.165, 1.54) is 77.7 Å². The molecule has 72 heavy (non-hydrogen) atoms. The van der Waals surface area contributed by atoms with Crippen molar-refractivity contribution in [2.75, 3.05) is 26.4 Å². The van der Waals surface area contributed by atoms with Crippen LogP contribution in [0.4, 0.5) is 0 Å². The number of hydrogen-bond donors (Lipinski definition) is 3. The second-order valence-electron chi connectivity index (χ2n) is 28.3. The van der Waals surface area contributed by atoms with Crippen LogP contribution in [0.5, 0.6) is 0 Å². The summed E-state index contributed by atoms with van der Waals surface area (Å²) in [7, 11) is 2.11. The van der Waals surface area contributed by atoms with Crippen molar-refractivity contribution in [3.05, 3.63) is 120 Å². The van der Waals surface area contributed by atoms with E-state index in [1.807, 2.05) is 12.3 Å². The smallest absolute Gasteiger partial charge is 0.0686 e. The number of nitrogens with one attached hydrogen (secondary N) is 1. The van der Waals surface area contributed by atoms with Crippen molar-refractivity contribution in [2.45, 2.75) is 194 Å². The number of aliphatic hydroxyl groups excluding tert-OH is 2. The molecule has 0 radical (unpaired) electrons. The number of hydrogen-bond acceptors (Lipinski definition) is 4. The zero-order valence-corrected chi connectivity index (χ0v) is 50.1. The van der Waals surface area contributed by atoms with Crippen LogP contribution in [0.2, 0.25) is 0 Å². The summed E-state index contributed by atoms with van der Waals surface area (Å²) in [6, 6.07) is 23.8. The van der Waals surface area contributed by atoms with Gasteiger partial charge in [0.05, 0.1) is 6.61 Å².